The van der Waals surface area contributed by atoms with Gasteiger partial charge in [0.15, 0.2) is 17.3 Å². The molecule has 0 radical (unpaired) electrons. The summed E-state index contributed by atoms with van der Waals surface area (Å²) in [4.78, 5) is 30.9. The molecule has 2 aromatic heterocycles. The molecule has 1 amide bonds. The van der Waals surface area contributed by atoms with Gasteiger partial charge >= 0.3 is 0 Å². The van der Waals surface area contributed by atoms with Gasteiger partial charge in [-0.1, -0.05) is 25.1 Å². The Morgan fingerprint density at radius 2 is 1.90 bits per heavy atom. The van der Waals surface area contributed by atoms with Crippen LogP contribution in [0.25, 0.3) is 10.9 Å². The average Bonchev–Trinajstić information content (AvgIpc) is 3.01. The normalized spacial score (nSPS) is 16.0. The summed E-state index contributed by atoms with van der Waals surface area (Å²) in [5.74, 6) is -0.703. The number of amides is 1. The Balaban J connectivity index is 1.46. The summed E-state index contributed by atoms with van der Waals surface area (Å²) in [7, 11) is 2.76. The predicted octanol–water partition coefficient (Wildman–Crippen LogP) is 4.03. The number of benzene rings is 2. The maximum atomic E-state index is 15.5. The number of carbonyl (C=O) groups excluding carboxylic acids is 1. The number of rotatable bonds is 9. The van der Waals surface area contributed by atoms with Crippen molar-refractivity contribution >= 4 is 28.6 Å². The van der Waals surface area contributed by atoms with Gasteiger partial charge in [-0.15, -0.1) is 0 Å². The Bertz CT molecular complexity index is 1560. The minimum atomic E-state index is -0.708. The van der Waals surface area contributed by atoms with Crippen LogP contribution in [-0.2, 0) is 4.79 Å². The van der Waals surface area contributed by atoms with Gasteiger partial charge in [-0.2, -0.15) is 4.98 Å². The average molecular weight is 578 g/mol. The van der Waals surface area contributed by atoms with Gasteiger partial charge in [0.2, 0.25) is 11.9 Å². The highest BCUT2D eigenvalue weighted by atomic mass is 19.1. The first kappa shape index (κ1) is 28.9. The molecular weight excluding hydrogens is 544 g/mol. The summed E-state index contributed by atoms with van der Waals surface area (Å²) >= 11 is 0. The number of ether oxygens (including phenoxy) is 2. The Kier molecular flexibility index (Phi) is 8.62. The Labute approximate surface area is 242 Å². The van der Waals surface area contributed by atoms with Crippen molar-refractivity contribution in [3.8, 4) is 11.5 Å². The van der Waals surface area contributed by atoms with Crippen LogP contribution in [0, 0.1) is 11.6 Å². The molecule has 2 aromatic carbocycles. The fourth-order valence-electron chi connectivity index (χ4n) is 5.29. The second-order valence-corrected chi connectivity index (χ2v) is 9.90. The van der Waals surface area contributed by atoms with Gasteiger partial charge in [-0.25, -0.2) is 13.8 Å². The second kappa shape index (κ2) is 12.5. The summed E-state index contributed by atoms with van der Waals surface area (Å²) < 4.78 is 39.5. The molecule has 1 aliphatic heterocycles. The Hall–Kier alpha value is -4.58. The highest BCUT2D eigenvalue weighted by Gasteiger charge is 2.34. The summed E-state index contributed by atoms with van der Waals surface area (Å²) in [6, 6.07) is 12.6. The van der Waals surface area contributed by atoms with E-state index < -0.39 is 11.9 Å². The van der Waals surface area contributed by atoms with Crippen LogP contribution in [0.15, 0.2) is 54.7 Å². The van der Waals surface area contributed by atoms with E-state index in [0.717, 1.165) is 5.56 Å². The third kappa shape index (κ3) is 5.75. The molecule has 0 bridgehead atoms. The monoisotopic (exact) mass is 577 g/mol. The number of piperazine rings is 1. The van der Waals surface area contributed by atoms with E-state index in [-0.39, 0.29) is 53.0 Å². The van der Waals surface area contributed by atoms with Gasteiger partial charge in [-0.05, 0) is 42.4 Å². The highest BCUT2D eigenvalue weighted by molar-refractivity contribution is 5.92. The molecule has 42 heavy (non-hydrogen) atoms. The van der Waals surface area contributed by atoms with E-state index in [9.17, 15) is 9.18 Å². The number of aromatic nitrogens is 3. The number of fused-ring (bicyclic) bond motifs is 1. The molecule has 2 atom stereocenters. The first-order valence-corrected chi connectivity index (χ1v) is 13.7. The lowest BCUT2D eigenvalue weighted by molar-refractivity contribution is -0.132. The summed E-state index contributed by atoms with van der Waals surface area (Å²) in [6.07, 6.45) is 1.87. The molecule has 10 nitrogen and oxygen atoms in total. The minimum absolute atomic E-state index is 0.00112. The molecule has 4 aromatic rings. The molecule has 0 aliphatic carbocycles. The van der Waals surface area contributed by atoms with Gasteiger partial charge in [0, 0.05) is 43.7 Å². The highest BCUT2D eigenvalue weighted by Crippen LogP contribution is 2.38. The lowest BCUT2D eigenvalue weighted by Crippen LogP contribution is -2.51. The molecular formula is C30H33F2N7O3. The molecule has 1 fully saturated rings. The maximum Gasteiger partial charge on any atom is 0.228 e. The fourth-order valence-corrected chi connectivity index (χ4v) is 5.29. The van der Waals surface area contributed by atoms with Gasteiger partial charge in [0.05, 0.1) is 26.0 Å². The van der Waals surface area contributed by atoms with Gasteiger partial charge in [0.25, 0.3) is 0 Å². The topological polar surface area (TPSA) is 119 Å². The number of nitrogens with two attached hydrogens (primary N) is 1. The molecule has 220 valence electrons. The number of methoxy groups -OCH3 is 2. The Morgan fingerprint density at radius 3 is 2.57 bits per heavy atom. The minimum Gasteiger partial charge on any atom is -0.493 e. The van der Waals surface area contributed by atoms with Crippen LogP contribution in [-0.4, -0.2) is 66.2 Å². The van der Waals surface area contributed by atoms with Crippen LogP contribution >= 0.6 is 0 Å². The molecule has 1 saturated heterocycles. The van der Waals surface area contributed by atoms with Crippen LogP contribution < -0.4 is 25.4 Å². The van der Waals surface area contributed by atoms with E-state index in [2.05, 4.69) is 20.3 Å². The van der Waals surface area contributed by atoms with E-state index in [1.165, 1.54) is 26.4 Å². The van der Waals surface area contributed by atoms with Crippen LogP contribution in [0.2, 0.25) is 0 Å². The van der Waals surface area contributed by atoms with Crippen molar-refractivity contribution in [2.75, 3.05) is 51.0 Å². The number of anilines is 2. The predicted molar refractivity (Wildman–Crippen MR) is 155 cm³/mol. The molecule has 0 saturated carbocycles. The van der Waals surface area contributed by atoms with Gasteiger partial charge in [-0.3, -0.25) is 9.78 Å². The van der Waals surface area contributed by atoms with Crippen LogP contribution in [0.4, 0.5) is 20.5 Å². The number of carbonyl (C=O) groups is 1. The fraction of sp³-hybridized carbons (Fsp3) is 0.333. The Morgan fingerprint density at radius 1 is 1.12 bits per heavy atom. The van der Waals surface area contributed by atoms with E-state index in [4.69, 9.17) is 15.2 Å². The number of halogens is 2. The molecule has 5 rings (SSSR count). The third-order valence-electron chi connectivity index (χ3n) is 7.41. The number of nitrogen functional groups attached to an aromatic ring is 1. The third-order valence-corrected chi connectivity index (χ3v) is 7.41. The van der Waals surface area contributed by atoms with Crippen molar-refractivity contribution in [3.05, 3.63) is 77.6 Å². The van der Waals surface area contributed by atoms with Crippen LogP contribution in [0.3, 0.4) is 0 Å². The SMILES string of the molecule is CCN[C@H](CC(=O)N1CCN(c2nc(N)c3cc(OC)c(OC)c(F)c3n2)[C@@H](c2ccccn2)C1)c1ccc(F)cc1. The molecule has 0 unspecified atom stereocenters. The smallest absolute Gasteiger partial charge is 0.228 e. The first-order chi connectivity index (χ1) is 20.3. The largest absolute Gasteiger partial charge is 0.493 e. The second-order valence-electron chi connectivity index (χ2n) is 9.90. The molecule has 12 heteroatoms. The molecule has 0 spiro atoms. The summed E-state index contributed by atoms with van der Waals surface area (Å²) in [5, 5.41) is 3.63. The number of hydrogen-bond donors (Lipinski definition) is 2. The van der Waals surface area contributed by atoms with E-state index in [1.807, 2.05) is 30.0 Å². The zero-order chi connectivity index (χ0) is 29.8. The lowest BCUT2D eigenvalue weighted by atomic mass is 10.0. The van der Waals surface area contributed by atoms with Crippen molar-refractivity contribution in [3.63, 3.8) is 0 Å². The summed E-state index contributed by atoms with van der Waals surface area (Å²) in [5.41, 5.74) is 7.84. The maximum absolute atomic E-state index is 15.5. The first-order valence-electron chi connectivity index (χ1n) is 13.7. The van der Waals surface area contributed by atoms with Crippen molar-refractivity contribution in [2.24, 2.45) is 0 Å². The number of pyridine rings is 1. The van der Waals surface area contributed by atoms with Crippen molar-refractivity contribution in [1.29, 1.82) is 0 Å². The molecule has 3 heterocycles. The van der Waals surface area contributed by atoms with Gasteiger partial charge in [0.1, 0.15) is 17.2 Å². The summed E-state index contributed by atoms with van der Waals surface area (Å²) in [6.45, 7) is 3.64. The van der Waals surface area contributed by atoms with Crippen molar-refractivity contribution in [1.82, 2.24) is 25.2 Å². The number of hydrogen-bond acceptors (Lipinski definition) is 9. The lowest BCUT2D eigenvalue weighted by Gasteiger charge is -2.41. The van der Waals surface area contributed by atoms with E-state index in [1.54, 1.807) is 29.3 Å². The van der Waals surface area contributed by atoms with E-state index in [0.29, 0.717) is 37.3 Å². The number of nitrogens with zero attached hydrogens (tertiary/aromatic N) is 5. The molecule has 3 N–H and O–H groups in total. The number of nitrogens with one attached hydrogen (secondary N) is 1. The standard InChI is InChI=1S/C30H33F2N7O3/c1-4-34-22(18-8-10-19(31)11-9-18)16-25(40)38-13-14-39(23(17-38)21-7-5-6-12-35-21)30-36-27-20(29(33)37-30)15-24(41-2)28(42-3)26(27)32/h5-12,15,22-23,34H,4,13-14,16-17H2,1-3H3,(H2,33,36,37)/t22-,23-/m1/s1. The van der Waals surface area contributed by atoms with Crippen LogP contribution in [0.5, 0.6) is 11.5 Å². The van der Waals surface area contributed by atoms with Crippen LogP contribution in [0.1, 0.15) is 36.7 Å². The molecule has 1 aliphatic rings. The van der Waals surface area contributed by atoms with Crippen molar-refractivity contribution in [2.45, 2.75) is 25.4 Å². The van der Waals surface area contributed by atoms with E-state index >= 15 is 4.39 Å². The van der Waals surface area contributed by atoms with Crippen molar-refractivity contribution < 1.29 is 23.0 Å². The quantitative estimate of drug-likeness (QED) is 0.304. The zero-order valence-corrected chi connectivity index (χ0v) is 23.7. The zero-order valence-electron chi connectivity index (χ0n) is 23.7. The van der Waals surface area contributed by atoms with Gasteiger partial charge < -0.3 is 30.3 Å².